The minimum absolute atomic E-state index is 0.198. The number of hydrogen-bond donors (Lipinski definition) is 2. The fourth-order valence-electron chi connectivity index (χ4n) is 2.87. The summed E-state index contributed by atoms with van der Waals surface area (Å²) in [5.74, 6) is -2.06. The topological polar surface area (TPSA) is 111 Å². The summed E-state index contributed by atoms with van der Waals surface area (Å²) < 4.78 is 10.2. The lowest BCUT2D eigenvalue weighted by Crippen LogP contribution is -2.21. The van der Waals surface area contributed by atoms with Gasteiger partial charge in [-0.1, -0.05) is 30.3 Å². The number of hydrogen-bond acceptors (Lipinski definition) is 7. The van der Waals surface area contributed by atoms with Crippen LogP contribution in [0.25, 0.3) is 10.4 Å². The van der Waals surface area contributed by atoms with Gasteiger partial charge in [0.1, 0.15) is 4.88 Å². The minimum atomic E-state index is -0.694. The summed E-state index contributed by atoms with van der Waals surface area (Å²) in [6.45, 7) is 2.74. The van der Waals surface area contributed by atoms with E-state index < -0.39 is 24.5 Å². The maximum Gasteiger partial charge on any atom is 0.350 e. The number of anilines is 2. The van der Waals surface area contributed by atoms with Crippen LogP contribution in [0.3, 0.4) is 0 Å². The van der Waals surface area contributed by atoms with Crippen molar-refractivity contribution in [3.63, 3.8) is 0 Å². The van der Waals surface area contributed by atoms with Crippen LogP contribution in [0.15, 0.2) is 60.7 Å². The van der Waals surface area contributed by atoms with Crippen molar-refractivity contribution >= 4 is 46.5 Å². The van der Waals surface area contributed by atoms with Crippen molar-refractivity contribution in [2.75, 3.05) is 23.8 Å². The smallest absolute Gasteiger partial charge is 0.350 e. The third-order valence-corrected chi connectivity index (χ3v) is 5.46. The Bertz CT molecular complexity index is 1160. The van der Waals surface area contributed by atoms with Gasteiger partial charge in [0.2, 0.25) is 5.91 Å². The van der Waals surface area contributed by atoms with Crippen molar-refractivity contribution < 1.29 is 28.7 Å². The first-order valence-corrected chi connectivity index (χ1v) is 10.9. The Morgan fingerprint density at radius 2 is 1.58 bits per heavy atom. The lowest BCUT2D eigenvalue weighted by Gasteiger charge is -2.08. The van der Waals surface area contributed by atoms with Crippen LogP contribution in [0.4, 0.5) is 11.4 Å². The van der Waals surface area contributed by atoms with E-state index in [0.29, 0.717) is 5.69 Å². The second kappa shape index (κ2) is 11.1. The predicted octanol–water partition coefficient (Wildman–Crippen LogP) is 4.35. The zero-order chi connectivity index (χ0) is 23.8. The van der Waals surface area contributed by atoms with Gasteiger partial charge in [0.15, 0.2) is 6.61 Å². The lowest BCUT2D eigenvalue weighted by atomic mass is 10.2. The lowest BCUT2D eigenvalue weighted by molar-refractivity contribution is -0.119. The van der Waals surface area contributed by atoms with Crippen LogP contribution in [0.1, 0.15) is 33.9 Å². The third kappa shape index (κ3) is 6.50. The molecule has 0 saturated carbocycles. The van der Waals surface area contributed by atoms with Crippen molar-refractivity contribution in [2.45, 2.75) is 13.8 Å². The van der Waals surface area contributed by atoms with Crippen molar-refractivity contribution in [3.05, 3.63) is 71.1 Å². The van der Waals surface area contributed by atoms with Crippen molar-refractivity contribution in [2.24, 2.45) is 0 Å². The normalized spacial score (nSPS) is 10.2. The van der Waals surface area contributed by atoms with Crippen LogP contribution in [0.5, 0.6) is 0 Å². The summed E-state index contributed by atoms with van der Waals surface area (Å²) in [6.07, 6.45) is 0. The Hall–Kier alpha value is -3.98. The van der Waals surface area contributed by atoms with Gasteiger partial charge in [0, 0.05) is 17.5 Å². The van der Waals surface area contributed by atoms with Gasteiger partial charge in [-0.05, 0) is 42.8 Å². The Balaban J connectivity index is 1.66. The molecule has 0 aliphatic heterocycles. The SMILES string of the molecule is CCOC(=O)c1sc(-c2ccccc2)cc1NC(=O)COC(=O)c1ccc(NC(C)=O)cc1. The van der Waals surface area contributed by atoms with Gasteiger partial charge in [-0.25, -0.2) is 9.59 Å². The van der Waals surface area contributed by atoms with Crippen LogP contribution in [-0.2, 0) is 19.1 Å². The summed E-state index contributed by atoms with van der Waals surface area (Å²) in [4.78, 5) is 49.1. The first kappa shape index (κ1) is 23.7. The van der Waals surface area contributed by atoms with E-state index >= 15 is 0 Å². The van der Waals surface area contributed by atoms with Gasteiger partial charge >= 0.3 is 11.9 Å². The van der Waals surface area contributed by atoms with E-state index in [-0.39, 0.29) is 28.6 Å². The summed E-state index contributed by atoms with van der Waals surface area (Å²) in [7, 11) is 0. The second-order valence-corrected chi connectivity index (χ2v) is 7.87. The van der Waals surface area contributed by atoms with E-state index in [1.165, 1.54) is 30.4 Å². The van der Waals surface area contributed by atoms with Crippen molar-refractivity contribution in [1.29, 1.82) is 0 Å². The Morgan fingerprint density at radius 3 is 2.21 bits per heavy atom. The Labute approximate surface area is 194 Å². The molecule has 3 rings (SSSR count). The summed E-state index contributed by atoms with van der Waals surface area (Å²) in [6, 6.07) is 17.2. The molecular weight excluding hydrogens is 444 g/mol. The summed E-state index contributed by atoms with van der Waals surface area (Å²) in [5.41, 5.74) is 1.95. The molecule has 0 spiro atoms. The predicted molar refractivity (Wildman–Crippen MR) is 125 cm³/mol. The zero-order valence-electron chi connectivity index (χ0n) is 18.0. The molecule has 0 unspecified atom stereocenters. The molecule has 2 amide bonds. The van der Waals surface area contributed by atoms with Gasteiger partial charge < -0.3 is 20.1 Å². The zero-order valence-corrected chi connectivity index (χ0v) is 18.9. The second-order valence-electron chi connectivity index (χ2n) is 6.82. The molecule has 3 aromatic rings. The fraction of sp³-hybridized carbons (Fsp3) is 0.167. The summed E-state index contributed by atoms with van der Waals surface area (Å²) in [5, 5.41) is 5.22. The molecule has 1 heterocycles. The van der Waals surface area contributed by atoms with Crippen molar-refractivity contribution in [3.8, 4) is 10.4 Å². The largest absolute Gasteiger partial charge is 0.462 e. The number of carbonyl (C=O) groups excluding carboxylic acids is 4. The maximum absolute atomic E-state index is 12.4. The molecule has 0 aliphatic carbocycles. The molecule has 2 N–H and O–H groups in total. The molecule has 0 radical (unpaired) electrons. The van der Waals surface area contributed by atoms with Crippen LogP contribution in [-0.4, -0.2) is 37.0 Å². The molecule has 0 bridgehead atoms. The highest BCUT2D eigenvalue weighted by Gasteiger charge is 2.20. The monoisotopic (exact) mass is 466 g/mol. The first-order chi connectivity index (χ1) is 15.9. The van der Waals surface area contributed by atoms with Crippen LogP contribution < -0.4 is 10.6 Å². The molecule has 33 heavy (non-hydrogen) atoms. The Morgan fingerprint density at radius 1 is 0.879 bits per heavy atom. The average molecular weight is 467 g/mol. The maximum atomic E-state index is 12.4. The number of amides is 2. The van der Waals surface area contributed by atoms with Gasteiger partial charge in [0.25, 0.3) is 5.91 Å². The van der Waals surface area contributed by atoms with E-state index in [4.69, 9.17) is 9.47 Å². The number of esters is 2. The van der Waals surface area contributed by atoms with E-state index in [1.54, 1.807) is 25.1 Å². The standard InChI is InChI=1S/C24H22N2O6S/c1-3-31-24(30)22-19(13-20(33-22)16-7-5-4-6-8-16)26-21(28)14-32-23(29)17-9-11-18(12-10-17)25-15(2)27/h4-13H,3,14H2,1-2H3,(H,25,27)(H,26,28). The molecule has 0 fully saturated rings. The number of carbonyl (C=O) groups is 4. The molecule has 0 atom stereocenters. The molecule has 2 aromatic carbocycles. The highest BCUT2D eigenvalue weighted by Crippen LogP contribution is 2.35. The molecule has 170 valence electrons. The fourth-order valence-corrected chi connectivity index (χ4v) is 3.88. The number of benzene rings is 2. The highest BCUT2D eigenvalue weighted by molar-refractivity contribution is 7.18. The molecule has 0 saturated heterocycles. The van der Waals surface area contributed by atoms with E-state index in [0.717, 1.165) is 10.4 Å². The Kier molecular flexibility index (Phi) is 7.93. The average Bonchev–Trinajstić information content (AvgIpc) is 3.22. The van der Waals surface area contributed by atoms with Gasteiger partial charge in [-0.3, -0.25) is 9.59 Å². The highest BCUT2D eigenvalue weighted by atomic mass is 32.1. The van der Waals surface area contributed by atoms with E-state index in [2.05, 4.69) is 10.6 Å². The third-order valence-electron chi connectivity index (χ3n) is 4.30. The number of ether oxygens (including phenoxy) is 2. The minimum Gasteiger partial charge on any atom is -0.462 e. The van der Waals surface area contributed by atoms with E-state index in [9.17, 15) is 19.2 Å². The molecule has 1 aromatic heterocycles. The van der Waals surface area contributed by atoms with Gasteiger partial charge in [0.05, 0.1) is 17.9 Å². The quantitative estimate of drug-likeness (QED) is 0.478. The molecule has 0 aliphatic rings. The van der Waals surface area contributed by atoms with Gasteiger partial charge in [-0.2, -0.15) is 0 Å². The number of nitrogens with one attached hydrogen (secondary N) is 2. The first-order valence-electron chi connectivity index (χ1n) is 10.1. The van der Waals surface area contributed by atoms with Gasteiger partial charge in [-0.15, -0.1) is 11.3 Å². The molecule has 8 nitrogen and oxygen atoms in total. The molecule has 9 heteroatoms. The molecular formula is C24H22N2O6S. The van der Waals surface area contributed by atoms with Crippen molar-refractivity contribution in [1.82, 2.24) is 0 Å². The van der Waals surface area contributed by atoms with Crippen LogP contribution >= 0.6 is 11.3 Å². The number of rotatable bonds is 8. The van der Waals surface area contributed by atoms with Crippen LogP contribution in [0.2, 0.25) is 0 Å². The summed E-state index contributed by atoms with van der Waals surface area (Å²) >= 11 is 1.20. The van der Waals surface area contributed by atoms with Crippen LogP contribution in [0, 0.1) is 0 Å². The number of thiophene rings is 1. The van der Waals surface area contributed by atoms with E-state index in [1.807, 2.05) is 30.3 Å².